The molecule has 0 unspecified atom stereocenters. The van der Waals surface area contributed by atoms with E-state index >= 15 is 0 Å². The molecule has 2 aromatic heterocycles. The maximum atomic E-state index is 5.63. The SMILES string of the molecule is ClCCc1cnc(-c2cccnc2)[nH]1. The number of hydrogen-bond acceptors (Lipinski definition) is 2. The smallest absolute Gasteiger partial charge is 0.139 e. The van der Waals surface area contributed by atoms with Gasteiger partial charge in [-0.2, -0.15) is 0 Å². The molecule has 3 nitrogen and oxygen atoms in total. The largest absolute Gasteiger partial charge is 0.342 e. The fourth-order valence-corrected chi connectivity index (χ4v) is 1.44. The lowest BCUT2D eigenvalue weighted by molar-refractivity contribution is 1.07. The van der Waals surface area contributed by atoms with Gasteiger partial charge in [-0.3, -0.25) is 4.98 Å². The third-order valence-electron chi connectivity index (χ3n) is 1.93. The molecule has 0 aromatic carbocycles. The summed E-state index contributed by atoms with van der Waals surface area (Å²) >= 11 is 5.63. The molecule has 0 atom stereocenters. The van der Waals surface area contributed by atoms with Gasteiger partial charge in [0.05, 0.1) is 0 Å². The van der Waals surface area contributed by atoms with Gasteiger partial charge in [0, 0.05) is 42.1 Å². The van der Waals surface area contributed by atoms with Crippen LogP contribution in [0.15, 0.2) is 30.7 Å². The van der Waals surface area contributed by atoms with Crippen LogP contribution in [0.4, 0.5) is 0 Å². The van der Waals surface area contributed by atoms with Crippen LogP contribution in [0, 0.1) is 0 Å². The number of aromatic amines is 1. The Labute approximate surface area is 87.2 Å². The summed E-state index contributed by atoms with van der Waals surface area (Å²) in [6.45, 7) is 0. The van der Waals surface area contributed by atoms with Crippen LogP contribution in [0.1, 0.15) is 5.69 Å². The van der Waals surface area contributed by atoms with Crippen molar-refractivity contribution in [3.8, 4) is 11.4 Å². The van der Waals surface area contributed by atoms with Gasteiger partial charge in [0.1, 0.15) is 5.82 Å². The molecule has 2 heterocycles. The van der Waals surface area contributed by atoms with Crippen molar-refractivity contribution in [2.45, 2.75) is 6.42 Å². The van der Waals surface area contributed by atoms with Gasteiger partial charge in [-0.25, -0.2) is 4.98 Å². The van der Waals surface area contributed by atoms with E-state index in [1.165, 1.54) is 0 Å². The van der Waals surface area contributed by atoms with E-state index in [4.69, 9.17) is 11.6 Å². The Bertz CT molecular complexity index is 397. The fourth-order valence-electron chi connectivity index (χ4n) is 1.24. The van der Waals surface area contributed by atoms with Crippen LogP contribution in [0.3, 0.4) is 0 Å². The van der Waals surface area contributed by atoms with Crippen LogP contribution in [0.25, 0.3) is 11.4 Å². The first-order valence-corrected chi connectivity index (χ1v) is 4.94. The van der Waals surface area contributed by atoms with E-state index in [-0.39, 0.29) is 0 Å². The molecule has 4 heteroatoms. The zero-order valence-corrected chi connectivity index (χ0v) is 8.33. The van der Waals surface area contributed by atoms with Crippen molar-refractivity contribution in [1.82, 2.24) is 15.0 Å². The summed E-state index contributed by atoms with van der Waals surface area (Å²) in [4.78, 5) is 11.5. The number of aromatic nitrogens is 3. The van der Waals surface area contributed by atoms with Crippen LogP contribution < -0.4 is 0 Å². The van der Waals surface area contributed by atoms with Gasteiger partial charge in [0.25, 0.3) is 0 Å². The van der Waals surface area contributed by atoms with Crippen molar-refractivity contribution >= 4 is 11.6 Å². The molecule has 0 aliphatic heterocycles. The van der Waals surface area contributed by atoms with Crippen molar-refractivity contribution in [3.63, 3.8) is 0 Å². The second-order valence-electron chi connectivity index (χ2n) is 2.94. The minimum absolute atomic E-state index is 0.606. The highest BCUT2D eigenvalue weighted by Gasteiger charge is 2.02. The molecule has 0 saturated heterocycles. The Balaban J connectivity index is 2.25. The van der Waals surface area contributed by atoms with E-state index in [0.717, 1.165) is 23.5 Å². The summed E-state index contributed by atoms with van der Waals surface area (Å²) in [6.07, 6.45) is 6.15. The monoisotopic (exact) mass is 207 g/mol. The second kappa shape index (κ2) is 4.24. The Kier molecular flexibility index (Phi) is 2.79. The molecule has 2 rings (SSSR count). The predicted octanol–water partition coefficient (Wildman–Crippen LogP) is 2.25. The van der Waals surface area contributed by atoms with Gasteiger partial charge in [0.15, 0.2) is 0 Å². The number of halogens is 1. The van der Waals surface area contributed by atoms with Gasteiger partial charge in [-0.05, 0) is 12.1 Å². The summed E-state index contributed by atoms with van der Waals surface area (Å²) < 4.78 is 0. The standard InChI is InChI=1S/C10H10ClN3/c11-4-3-9-7-13-10(14-9)8-2-1-5-12-6-8/h1-2,5-7H,3-4H2,(H,13,14). The van der Waals surface area contributed by atoms with Crippen molar-refractivity contribution in [2.75, 3.05) is 5.88 Å². The Hall–Kier alpha value is -1.35. The highest BCUT2D eigenvalue weighted by molar-refractivity contribution is 6.17. The number of nitrogens with one attached hydrogen (secondary N) is 1. The molecule has 14 heavy (non-hydrogen) atoms. The fraction of sp³-hybridized carbons (Fsp3) is 0.200. The minimum atomic E-state index is 0.606. The van der Waals surface area contributed by atoms with Crippen LogP contribution in [0.5, 0.6) is 0 Å². The average Bonchev–Trinajstić information content (AvgIpc) is 2.68. The molecule has 0 spiro atoms. The van der Waals surface area contributed by atoms with Gasteiger partial charge in [-0.1, -0.05) is 0 Å². The van der Waals surface area contributed by atoms with E-state index in [2.05, 4.69) is 15.0 Å². The predicted molar refractivity (Wildman–Crippen MR) is 56.2 cm³/mol. The van der Waals surface area contributed by atoms with Crippen LogP contribution in [-0.2, 0) is 6.42 Å². The Morgan fingerprint density at radius 2 is 2.29 bits per heavy atom. The molecule has 2 aromatic rings. The Morgan fingerprint density at radius 1 is 1.36 bits per heavy atom. The first kappa shape index (κ1) is 9.21. The number of alkyl halides is 1. The molecule has 0 bridgehead atoms. The number of nitrogens with zero attached hydrogens (tertiary/aromatic N) is 2. The minimum Gasteiger partial charge on any atom is -0.342 e. The van der Waals surface area contributed by atoms with Gasteiger partial charge < -0.3 is 4.98 Å². The van der Waals surface area contributed by atoms with Crippen LogP contribution in [0.2, 0.25) is 0 Å². The van der Waals surface area contributed by atoms with E-state index in [1.807, 2.05) is 18.3 Å². The van der Waals surface area contributed by atoms with Gasteiger partial charge >= 0.3 is 0 Å². The molecular weight excluding hydrogens is 198 g/mol. The topological polar surface area (TPSA) is 41.6 Å². The van der Waals surface area contributed by atoms with E-state index in [1.54, 1.807) is 12.4 Å². The summed E-state index contributed by atoms with van der Waals surface area (Å²) in [5.41, 5.74) is 2.05. The lowest BCUT2D eigenvalue weighted by atomic mass is 10.3. The average molecular weight is 208 g/mol. The molecule has 72 valence electrons. The van der Waals surface area contributed by atoms with Crippen LogP contribution in [-0.4, -0.2) is 20.8 Å². The lowest BCUT2D eigenvalue weighted by Gasteiger charge is -1.94. The number of hydrogen-bond donors (Lipinski definition) is 1. The molecule has 0 aliphatic rings. The van der Waals surface area contributed by atoms with E-state index in [9.17, 15) is 0 Å². The Morgan fingerprint density at radius 3 is 3.00 bits per heavy atom. The van der Waals surface area contributed by atoms with Crippen molar-refractivity contribution in [1.29, 1.82) is 0 Å². The summed E-state index contributed by atoms with van der Waals surface area (Å²) in [7, 11) is 0. The van der Waals surface area contributed by atoms with Gasteiger partial charge in [-0.15, -0.1) is 11.6 Å². The number of rotatable bonds is 3. The highest BCUT2D eigenvalue weighted by atomic mass is 35.5. The maximum Gasteiger partial charge on any atom is 0.139 e. The summed E-state index contributed by atoms with van der Waals surface area (Å²) in [5, 5.41) is 0. The normalized spacial score (nSPS) is 10.4. The van der Waals surface area contributed by atoms with E-state index < -0.39 is 0 Å². The van der Waals surface area contributed by atoms with Crippen molar-refractivity contribution in [3.05, 3.63) is 36.4 Å². The third kappa shape index (κ3) is 1.93. The summed E-state index contributed by atoms with van der Waals surface area (Å²) in [6, 6.07) is 3.86. The van der Waals surface area contributed by atoms with Gasteiger partial charge in [0.2, 0.25) is 0 Å². The van der Waals surface area contributed by atoms with Crippen LogP contribution >= 0.6 is 11.6 Å². The second-order valence-corrected chi connectivity index (χ2v) is 3.32. The molecule has 0 amide bonds. The highest BCUT2D eigenvalue weighted by Crippen LogP contribution is 2.13. The zero-order valence-electron chi connectivity index (χ0n) is 7.57. The molecule has 0 radical (unpaired) electrons. The number of imidazole rings is 1. The third-order valence-corrected chi connectivity index (χ3v) is 2.12. The first-order valence-electron chi connectivity index (χ1n) is 4.40. The number of aryl methyl sites for hydroxylation is 1. The molecular formula is C10H10ClN3. The zero-order chi connectivity index (χ0) is 9.80. The molecule has 0 saturated carbocycles. The molecule has 1 N–H and O–H groups in total. The quantitative estimate of drug-likeness (QED) is 0.785. The number of H-pyrrole nitrogens is 1. The van der Waals surface area contributed by atoms with E-state index in [0.29, 0.717) is 5.88 Å². The first-order chi connectivity index (χ1) is 6.90. The maximum absolute atomic E-state index is 5.63. The summed E-state index contributed by atoms with van der Waals surface area (Å²) in [5.74, 6) is 1.45. The van der Waals surface area contributed by atoms with Crippen molar-refractivity contribution < 1.29 is 0 Å². The molecule has 0 aliphatic carbocycles. The molecule has 0 fully saturated rings. The number of pyridine rings is 1. The van der Waals surface area contributed by atoms with Crippen molar-refractivity contribution in [2.24, 2.45) is 0 Å². The lowest BCUT2D eigenvalue weighted by Crippen LogP contribution is -1.86.